The molecule has 1 heterocycles. The normalized spacial score (nSPS) is 10.5. The summed E-state index contributed by atoms with van der Waals surface area (Å²) in [5, 5.41) is 5.18. The van der Waals surface area contributed by atoms with Crippen molar-refractivity contribution < 1.29 is 18.7 Å². The van der Waals surface area contributed by atoms with E-state index in [-0.39, 0.29) is 16.7 Å². The second kappa shape index (κ2) is 7.72. The minimum atomic E-state index is -0.382. The van der Waals surface area contributed by atoms with Crippen LogP contribution < -0.4 is 14.8 Å². The van der Waals surface area contributed by atoms with Gasteiger partial charge in [-0.3, -0.25) is 10.1 Å². The highest BCUT2D eigenvalue weighted by Crippen LogP contribution is 2.36. The van der Waals surface area contributed by atoms with Gasteiger partial charge in [-0.2, -0.15) is 0 Å². The Bertz CT molecular complexity index is 944. The average Bonchev–Trinajstić information content (AvgIpc) is 3.09. The number of benzene rings is 2. The summed E-state index contributed by atoms with van der Waals surface area (Å²) in [5.41, 5.74) is 1.72. The van der Waals surface area contributed by atoms with Crippen molar-refractivity contribution in [2.75, 3.05) is 19.5 Å². The lowest BCUT2D eigenvalue weighted by Gasteiger charge is -2.11. The molecule has 26 heavy (non-hydrogen) atoms. The van der Waals surface area contributed by atoms with Gasteiger partial charge in [0.2, 0.25) is 0 Å². The highest BCUT2D eigenvalue weighted by molar-refractivity contribution is 7.14. The first-order valence-electron chi connectivity index (χ1n) is 7.46. The Morgan fingerprint density at radius 2 is 1.92 bits per heavy atom. The second-order valence-corrected chi connectivity index (χ2v) is 6.46. The molecule has 0 saturated heterocycles. The van der Waals surface area contributed by atoms with E-state index < -0.39 is 0 Å². The molecule has 134 valence electrons. The molecule has 0 atom stereocenters. The highest BCUT2D eigenvalue weighted by Gasteiger charge is 2.16. The largest absolute Gasteiger partial charge is 0.493 e. The maximum absolute atomic E-state index is 13.0. The smallest absolute Gasteiger partial charge is 0.257 e. The summed E-state index contributed by atoms with van der Waals surface area (Å²) in [4.78, 5) is 16.8. The van der Waals surface area contributed by atoms with Crippen LogP contribution in [0, 0.1) is 5.82 Å². The molecule has 0 unspecified atom stereocenters. The van der Waals surface area contributed by atoms with Gasteiger partial charge in [-0.05, 0) is 36.4 Å². The summed E-state index contributed by atoms with van der Waals surface area (Å²) in [6.07, 6.45) is 0. The molecule has 3 aromatic rings. The molecule has 3 rings (SSSR count). The summed E-state index contributed by atoms with van der Waals surface area (Å²) in [6.45, 7) is 0. The van der Waals surface area contributed by atoms with Gasteiger partial charge in [0.05, 0.1) is 24.9 Å². The van der Waals surface area contributed by atoms with Crippen LogP contribution in [0.2, 0.25) is 5.02 Å². The Morgan fingerprint density at radius 3 is 2.58 bits per heavy atom. The second-order valence-electron chi connectivity index (χ2n) is 5.19. The van der Waals surface area contributed by atoms with Crippen LogP contribution in [-0.4, -0.2) is 25.1 Å². The summed E-state index contributed by atoms with van der Waals surface area (Å²) < 4.78 is 23.4. The fourth-order valence-corrected chi connectivity index (χ4v) is 3.31. The number of aromatic nitrogens is 1. The van der Waals surface area contributed by atoms with E-state index in [1.54, 1.807) is 17.5 Å². The number of rotatable bonds is 5. The summed E-state index contributed by atoms with van der Waals surface area (Å²) in [7, 11) is 2.93. The van der Waals surface area contributed by atoms with Gasteiger partial charge in [0.15, 0.2) is 16.6 Å². The molecular weight excluding hydrogens is 379 g/mol. The van der Waals surface area contributed by atoms with Crippen LogP contribution in [-0.2, 0) is 0 Å². The topological polar surface area (TPSA) is 60.5 Å². The van der Waals surface area contributed by atoms with Gasteiger partial charge in [-0.25, -0.2) is 9.37 Å². The van der Waals surface area contributed by atoms with Crippen molar-refractivity contribution in [2.45, 2.75) is 0 Å². The zero-order valence-corrected chi connectivity index (χ0v) is 15.5. The summed E-state index contributed by atoms with van der Waals surface area (Å²) >= 11 is 7.40. The van der Waals surface area contributed by atoms with Gasteiger partial charge in [0, 0.05) is 16.5 Å². The van der Waals surface area contributed by atoms with Gasteiger partial charge in [0.1, 0.15) is 5.82 Å². The number of nitrogens with zero attached hydrogens (tertiary/aromatic N) is 1. The predicted octanol–water partition coefficient (Wildman–Crippen LogP) is 4.87. The van der Waals surface area contributed by atoms with Crippen molar-refractivity contribution in [3.63, 3.8) is 0 Å². The molecule has 0 saturated carbocycles. The van der Waals surface area contributed by atoms with Gasteiger partial charge >= 0.3 is 0 Å². The maximum Gasteiger partial charge on any atom is 0.257 e. The molecule has 0 spiro atoms. The minimum absolute atomic E-state index is 0.267. The first-order chi connectivity index (χ1) is 12.5. The van der Waals surface area contributed by atoms with Crippen LogP contribution >= 0.6 is 22.9 Å². The third kappa shape index (κ3) is 3.79. The Balaban J connectivity index is 1.80. The Kier molecular flexibility index (Phi) is 5.39. The number of hydrogen-bond donors (Lipinski definition) is 1. The Hall–Kier alpha value is -2.64. The molecule has 2 aromatic carbocycles. The van der Waals surface area contributed by atoms with Crippen LogP contribution in [0.4, 0.5) is 9.52 Å². The molecule has 0 aliphatic heterocycles. The van der Waals surface area contributed by atoms with Crippen molar-refractivity contribution in [1.82, 2.24) is 4.98 Å². The number of halogens is 2. The zero-order chi connectivity index (χ0) is 18.7. The molecule has 8 heteroatoms. The van der Waals surface area contributed by atoms with E-state index in [9.17, 15) is 9.18 Å². The first-order valence-corrected chi connectivity index (χ1v) is 8.72. The van der Waals surface area contributed by atoms with E-state index >= 15 is 0 Å². The summed E-state index contributed by atoms with van der Waals surface area (Å²) in [5.74, 6) is 0.0190. The number of methoxy groups -OCH3 is 2. The molecule has 5 nitrogen and oxygen atoms in total. The molecule has 0 radical (unpaired) electrons. The number of carbonyl (C=O) groups is 1. The van der Waals surface area contributed by atoms with Crippen molar-refractivity contribution in [2.24, 2.45) is 0 Å². The lowest BCUT2D eigenvalue weighted by molar-refractivity contribution is 0.102. The fraction of sp³-hybridized carbons (Fsp3) is 0.111. The van der Waals surface area contributed by atoms with Gasteiger partial charge in [0.25, 0.3) is 5.91 Å². The quantitative estimate of drug-likeness (QED) is 0.672. The van der Waals surface area contributed by atoms with Crippen molar-refractivity contribution in [1.29, 1.82) is 0 Å². The predicted molar refractivity (Wildman–Crippen MR) is 100 cm³/mol. The number of hydrogen-bond acceptors (Lipinski definition) is 5. The molecular formula is C18H14ClFN2O3S. The zero-order valence-electron chi connectivity index (χ0n) is 13.9. The monoisotopic (exact) mass is 392 g/mol. The Morgan fingerprint density at radius 1 is 1.19 bits per heavy atom. The van der Waals surface area contributed by atoms with Crippen molar-refractivity contribution in [3.05, 3.63) is 58.2 Å². The number of thiazole rings is 1. The number of nitrogens with one attached hydrogen (secondary N) is 1. The van der Waals surface area contributed by atoms with Crippen molar-refractivity contribution >= 4 is 34.0 Å². The number of amides is 1. The molecule has 0 aliphatic rings. The van der Waals surface area contributed by atoms with Crippen LogP contribution in [0.1, 0.15) is 10.4 Å². The van der Waals surface area contributed by atoms with E-state index in [1.807, 2.05) is 0 Å². The first kappa shape index (κ1) is 18.2. The van der Waals surface area contributed by atoms with E-state index in [2.05, 4.69) is 10.3 Å². The standard InChI is InChI=1S/C18H14ClFN2O3S/c1-24-15-8-11(7-13(19)16(15)25-2)17(23)22-18-21-14(9-26-18)10-3-5-12(20)6-4-10/h3-9H,1-2H3,(H,21,22,23). The third-order valence-corrected chi connectivity index (χ3v) is 4.60. The molecule has 1 N–H and O–H groups in total. The average molecular weight is 393 g/mol. The van der Waals surface area contributed by atoms with Crippen molar-refractivity contribution in [3.8, 4) is 22.8 Å². The number of carbonyl (C=O) groups excluding carboxylic acids is 1. The Labute approximate surface area is 158 Å². The van der Waals surface area contributed by atoms with Gasteiger partial charge in [-0.1, -0.05) is 11.6 Å². The molecule has 0 fully saturated rings. The van der Waals surface area contributed by atoms with E-state index in [0.717, 1.165) is 5.56 Å². The fourth-order valence-electron chi connectivity index (χ4n) is 2.30. The number of ether oxygens (including phenoxy) is 2. The van der Waals surface area contributed by atoms with Crippen LogP contribution in [0.5, 0.6) is 11.5 Å². The maximum atomic E-state index is 13.0. The summed E-state index contributed by atoms with van der Waals surface area (Å²) in [6, 6.07) is 9.01. The van der Waals surface area contributed by atoms with E-state index in [1.165, 1.54) is 49.8 Å². The molecule has 0 bridgehead atoms. The van der Waals surface area contributed by atoms with E-state index in [0.29, 0.717) is 27.9 Å². The number of anilines is 1. The van der Waals surface area contributed by atoms with Gasteiger partial charge < -0.3 is 9.47 Å². The molecule has 1 aromatic heterocycles. The highest BCUT2D eigenvalue weighted by atomic mass is 35.5. The SMILES string of the molecule is COc1cc(C(=O)Nc2nc(-c3ccc(F)cc3)cs2)cc(Cl)c1OC. The van der Waals surface area contributed by atoms with Gasteiger partial charge in [-0.15, -0.1) is 11.3 Å². The molecule has 1 amide bonds. The van der Waals surface area contributed by atoms with E-state index in [4.69, 9.17) is 21.1 Å². The lowest BCUT2D eigenvalue weighted by Crippen LogP contribution is -2.12. The van der Waals surface area contributed by atoms with Crippen LogP contribution in [0.3, 0.4) is 0 Å². The third-order valence-electron chi connectivity index (χ3n) is 3.56. The lowest BCUT2D eigenvalue weighted by atomic mass is 10.2. The molecule has 0 aliphatic carbocycles. The minimum Gasteiger partial charge on any atom is -0.493 e. The van der Waals surface area contributed by atoms with Crippen LogP contribution in [0.25, 0.3) is 11.3 Å². The van der Waals surface area contributed by atoms with Crippen LogP contribution in [0.15, 0.2) is 41.8 Å².